The molecule has 0 spiro atoms. The predicted molar refractivity (Wildman–Crippen MR) is 99.9 cm³/mol. The number of hydrogen-bond donors (Lipinski definition) is 2. The molecule has 0 bridgehead atoms. The van der Waals surface area contributed by atoms with Gasteiger partial charge in [0.25, 0.3) is 5.91 Å². The number of pyridine rings is 1. The van der Waals surface area contributed by atoms with Crippen LogP contribution in [0.3, 0.4) is 0 Å². The van der Waals surface area contributed by atoms with Crippen molar-refractivity contribution in [2.45, 2.75) is 0 Å². The number of carbonyl (C=O) groups is 1. The van der Waals surface area contributed by atoms with Crippen molar-refractivity contribution in [3.05, 3.63) is 77.4 Å². The van der Waals surface area contributed by atoms with Crippen molar-refractivity contribution in [2.24, 2.45) is 0 Å². The number of nitrogens with one attached hydrogen (secondary N) is 2. The van der Waals surface area contributed by atoms with Gasteiger partial charge in [-0.15, -0.1) is 0 Å². The fourth-order valence-electron chi connectivity index (χ4n) is 2.29. The maximum Gasteiger partial charge on any atom is 0.259 e. The Morgan fingerprint density at radius 1 is 1.04 bits per heavy atom. The second-order valence-electron chi connectivity index (χ2n) is 5.22. The molecule has 2 aromatic carbocycles. The van der Waals surface area contributed by atoms with Crippen LogP contribution in [0, 0.1) is 0 Å². The van der Waals surface area contributed by atoms with Gasteiger partial charge in [-0.25, -0.2) is 4.98 Å². The first-order valence-electron chi connectivity index (χ1n) is 7.59. The molecule has 0 unspecified atom stereocenters. The quantitative estimate of drug-likeness (QED) is 0.695. The summed E-state index contributed by atoms with van der Waals surface area (Å²) in [7, 11) is 1.58. The fraction of sp³-hybridized carbons (Fsp3) is 0.0526. The van der Waals surface area contributed by atoms with E-state index in [1.807, 2.05) is 24.3 Å². The summed E-state index contributed by atoms with van der Waals surface area (Å²) in [4.78, 5) is 16.9. The molecule has 3 rings (SSSR count). The molecule has 0 saturated heterocycles. The molecule has 0 aliphatic carbocycles. The van der Waals surface area contributed by atoms with E-state index in [-0.39, 0.29) is 5.91 Å². The normalized spacial score (nSPS) is 10.2. The van der Waals surface area contributed by atoms with Crippen LogP contribution in [0.2, 0.25) is 5.02 Å². The van der Waals surface area contributed by atoms with Crippen LogP contribution in [-0.4, -0.2) is 18.0 Å². The lowest BCUT2D eigenvalue weighted by Gasteiger charge is -2.12. The molecule has 0 radical (unpaired) electrons. The molecule has 1 aromatic heterocycles. The maximum atomic E-state index is 12.6. The largest absolute Gasteiger partial charge is 0.497 e. The smallest absolute Gasteiger partial charge is 0.259 e. The van der Waals surface area contributed by atoms with Gasteiger partial charge in [0, 0.05) is 28.7 Å². The number of methoxy groups -OCH3 is 1. The molecule has 126 valence electrons. The standard InChI is InChI=1S/C19H16ClN3O2/c1-25-16-8-3-7-15(12-16)23-19(24)17-9-4-10-21-18(17)22-14-6-2-5-13(20)11-14/h2-12H,1H3,(H,21,22)(H,23,24). The first-order chi connectivity index (χ1) is 12.2. The van der Waals surface area contributed by atoms with Crippen LogP contribution in [0.1, 0.15) is 10.4 Å². The number of aromatic nitrogens is 1. The highest BCUT2D eigenvalue weighted by atomic mass is 35.5. The Morgan fingerprint density at radius 3 is 2.64 bits per heavy atom. The monoisotopic (exact) mass is 353 g/mol. The Kier molecular flexibility index (Phi) is 5.16. The summed E-state index contributed by atoms with van der Waals surface area (Å²) >= 11 is 6.00. The fourth-order valence-corrected chi connectivity index (χ4v) is 2.48. The minimum atomic E-state index is -0.272. The zero-order chi connectivity index (χ0) is 17.6. The first-order valence-corrected chi connectivity index (χ1v) is 7.96. The summed E-state index contributed by atoms with van der Waals surface area (Å²) in [6, 6.07) is 17.8. The third-order valence-electron chi connectivity index (χ3n) is 3.47. The Morgan fingerprint density at radius 2 is 1.84 bits per heavy atom. The van der Waals surface area contributed by atoms with Crippen LogP contribution >= 0.6 is 11.6 Å². The van der Waals surface area contributed by atoms with E-state index in [4.69, 9.17) is 16.3 Å². The van der Waals surface area contributed by atoms with Gasteiger partial charge < -0.3 is 15.4 Å². The summed E-state index contributed by atoms with van der Waals surface area (Å²) in [5, 5.41) is 6.57. The molecule has 0 aliphatic rings. The van der Waals surface area contributed by atoms with Gasteiger partial charge >= 0.3 is 0 Å². The summed E-state index contributed by atoms with van der Waals surface area (Å²) in [6.45, 7) is 0. The third-order valence-corrected chi connectivity index (χ3v) is 3.70. The molecule has 6 heteroatoms. The highest BCUT2D eigenvalue weighted by molar-refractivity contribution is 6.30. The zero-order valence-electron chi connectivity index (χ0n) is 13.5. The molecule has 2 N–H and O–H groups in total. The summed E-state index contributed by atoms with van der Waals surface area (Å²) in [6.07, 6.45) is 1.62. The van der Waals surface area contributed by atoms with E-state index >= 15 is 0 Å². The molecule has 3 aromatic rings. The van der Waals surface area contributed by atoms with E-state index in [1.165, 1.54) is 0 Å². The van der Waals surface area contributed by atoms with E-state index in [1.54, 1.807) is 49.7 Å². The number of carbonyl (C=O) groups excluding carboxylic acids is 1. The van der Waals surface area contributed by atoms with Crippen molar-refractivity contribution in [1.29, 1.82) is 0 Å². The van der Waals surface area contributed by atoms with Gasteiger partial charge in [-0.1, -0.05) is 23.7 Å². The van der Waals surface area contributed by atoms with Gasteiger partial charge in [0.1, 0.15) is 11.6 Å². The lowest BCUT2D eigenvalue weighted by atomic mass is 10.2. The Hall–Kier alpha value is -3.05. The Balaban J connectivity index is 1.83. The molecule has 0 aliphatic heterocycles. The van der Waals surface area contributed by atoms with E-state index in [0.29, 0.717) is 27.8 Å². The number of anilines is 3. The molecule has 25 heavy (non-hydrogen) atoms. The van der Waals surface area contributed by atoms with Crippen molar-refractivity contribution in [3.63, 3.8) is 0 Å². The number of nitrogens with zero attached hydrogens (tertiary/aromatic N) is 1. The maximum absolute atomic E-state index is 12.6. The number of rotatable bonds is 5. The minimum absolute atomic E-state index is 0.272. The van der Waals surface area contributed by atoms with Gasteiger partial charge in [-0.3, -0.25) is 4.79 Å². The molecule has 5 nitrogen and oxygen atoms in total. The Labute approximate surface area is 150 Å². The topological polar surface area (TPSA) is 63.2 Å². The van der Waals surface area contributed by atoms with E-state index < -0.39 is 0 Å². The SMILES string of the molecule is COc1cccc(NC(=O)c2cccnc2Nc2cccc(Cl)c2)c1. The minimum Gasteiger partial charge on any atom is -0.497 e. The molecule has 1 amide bonds. The third kappa shape index (κ3) is 4.28. The Bertz CT molecular complexity index is 899. The van der Waals surface area contributed by atoms with Crippen molar-refractivity contribution < 1.29 is 9.53 Å². The highest BCUT2D eigenvalue weighted by Gasteiger charge is 2.13. The van der Waals surface area contributed by atoms with E-state index in [2.05, 4.69) is 15.6 Å². The van der Waals surface area contributed by atoms with Crippen LogP contribution in [0.4, 0.5) is 17.2 Å². The number of hydrogen-bond acceptors (Lipinski definition) is 4. The van der Waals surface area contributed by atoms with E-state index in [0.717, 1.165) is 5.69 Å². The summed E-state index contributed by atoms with van der Waals surface area (Å²) < 4.78 is 5.17. The van der Waals surface area contributed by atoms with Crippen LogP contribution in [0.25, 0.3) is 0 Å². The van der Waals surface area contributed by atoms with Crippen LogP contribution in [0.15, 0.2) is 66.9 Å². The van der Waals surface area contributed by atoms with Gasteiger partial charge in [0.05, 0.1) is 12.7 Å². The van der Waals surface area contributed by atoms with Gasteiger partial charge in [0.15, 0.2) is 0 Å². The second-order valence-corrected chi connectivity index (χ2v) is 5.66. The highest BCUT2D eigenvalue weighted by Crippen LogP contribution is 2.23. The molecule has 0 saturated carbocycles. The molecular formula is C19H16ClN3O2. The summed E-state index contributed by atoms with van der Waals surface area (Å²) in [5.41, 5.74) is 1.81. The van der Waals surface area contributed by atoms with Crippen molar-refractivity contribution >= 4 is 34.7 Å². The predicted octanol–water partition coefficient (Wildman–Crippen LogP) is 4.74. The van der Waals surface area contributed by atoms with Crippen LogP contribution in [0.5, 0.6) is 5.75 Å². The van der Waals surface area contributed by atoms with Crippen molar-refractivity contribution in [1.82, 2.24) is 4.98 Å². The number of benzene rings is 2. The average Bonchev–Trinajstić information content (AvgIpc) is 2.62. The van der Waals surface area contributed by atoms with Crippen molar-refractivity contribution in [2.75, 3.05) is 17.7 Å². The summed E-state index contributed by atoms with van der Waals surface area (Å²) in [5.74, 6) is 0.845. The van der Waals surface area contributed by atoms with Crippen LogP contribution in [-0.2, 0) is 0 Å². The molecule has 0 atom stereocenters. The van der Waals surface area contributed by atoms with Crippen LogP contribution < -0.4 is 15.4 Å². The van der Waals surface area contributed by atoms with E-state index in [9.17, 15) is 4.79 Å². The van der Waals surface area contributed by atoms with Gasteiger partial charge in [0.2, 0.25) is 0 Å². The molecular weight excluding hydrogens is 338 g/mol. The van der Waals surface area contributed by atoms with Gasteiger partial charge in [-0.2, -0.15) is 0 Å². The number of halogens is 1. The lowest BCUT2D eigenvalue weighted by molar-refractivity contribution is 0.102. The molecule has 0 fully saturated rings. The lowest BCUT2D eigenvalue weighted by Crippen LogP contribution is -2.14. The first kappa shape index (κ1) is 16.8. The molecule has 1 heterocycles. The number of amides is 1. The average molecular weight is 354 g/mol. The number of ether oxygens (including phenoxy) is 1. The second kappa shape index (κ2) is 7.68. The zero-order valence-corrected chi connectivity index (χ0v) is 14.2. The van der Waals surface area contributed by atoms with Gasteiger partial charge in [-0.05, 0) is 42.5 Å². The van der Waals surface area contributed by atoms with Crippen molar-refractivity contribution in [3.8, 4) is 5.75 Å².